The summed E-state index contributed by atoms with van der Waals surface area (Å²) in [4.78, 5) is 0. The molecule has 0 bridgehead atoms. The second kappa shape index (κ2) is 7.91. The number of benzene rings is 2. The van der Waals surface area contributed by atoms with Crippen LogP contribution in [0.5, 0.6) is 0 Å². The van der Waals surface area contributed by atoms with Crippen LogP contribution in [0.2, 0.25) is 0 Å². The van der Waals surface area contributed by atoms with Gasteiger partial charge in [0.15, 0.2) is 6.29 Å². The second-order valence-corrected chi connectivity index (χ2v) is 7.34. The Morgan fingerprint density at radius 2 is 1.61 bits per heavy atom. The summed E-state index contributed by atoms with van der Waals surface area (Å²) in [5.74, 6) is -0.538. The average molecular weight is 386 g/mol. The van der Waals surface area contributed by atoms with Crippen LogP contribution >= 0.6 is 0 Å². The van der Waals surface area contributed by atoms with Gasteiger partial charge in [0.1, 0.15) is 23.9 Å². The molecule has 150 valence electrons. The van der Waals surface area contributed by atoms with E-state index in [9.17, 15) is 10.2 Å². The molecule has 1 aliphatic carbocycles. The minimum atomic E-state index is -1.42. The fourth-order valence-corrected chi connectivity index (χ4v) is 4.51. The molecule has 6 heteroatoms. The largest absolute Gasteiger partial charge is 0.390 e. The van der Waals surface area contributed by atoms with Crippen LogP contribution in [0.3, 0.4) is 0 Å². The summed E-state index contributed by atoms with van der Waals surface area (Å²) in [7, 11) is 3.05. The summed E-state index contributed by atoms with van der Waals surface area (Å²) >= 11 is 0. The molecule has 1 aliphatic heterocycles. The molecule has 2 aliphatic rings. The Kier molecular flexibility index (Phi) is 5.51. The lowest BCUT2D eigenvalue weighted by Gasteiger charge is -2.63. The maximum Gasteiger partial charge on any atom is 0.186 e. The number of aliphatic hydroxyl groups excluding tert-OH is 1. The highest BCUT2D eigenvalue weighted by Gasteiger charge is 2.72. The molecule has 28 heavy (non-hydrogen) atoms. The van der Waals surface area contributed by atoms with Gasteiger partial charge in [0.05, 0.1) is 12.7 Å². The van der Waals surface area contributed by atoms with Crippen LogP contribution in [0.4, 0.5) is 0 Å². The van der Waals surface area contributed by atoms with Gasteiger partial charge in [-0.1, -0.05) is 60.7 Å². The topological polar surface area (TPSA) is 77.4 Å². The molecule has 1 heterocycles. The maximum atomic E-state index is 11.6. The highest BCUT2D eigenvalue weighted by molar-refractivity contribution is 5.35. The summed E-state index contributed by atoms with van der Waals surface area (Å²) in [6.45, 7) is 0.327. The Morgan fingerprint density at radius 1 is 0.964 bits per heavy atom. The van der Waals surface area contributed by atoms with Gasteiger partial charge >= 0.3 is 0 Å². The Bertz CT molecular complexity index is 769. The molecule has 1 saturated heterocycles. The first kappa shape index (κ1) is 19.5. The zero-order valence-electron chi connectivity index (χ0n) is 16.0. The Hall–Kier alpha value is -1.80. The van der Waals surface area contributed by atoms with E-state index in [1.54, 1.807) is 0 Å². The van der Waals surface area contributed by atoms with Gasteiger partial charge < -0.3 is 29.2 Å². The number of aliphatic hydroxyl groups is 2. The number of fused-ring (bicyclic) bond motifs is 1. The van der Waals surface area contributed by atoms with E-state index in [1.165, 1.54) is 14.2 Å². The van der Waals surface area contributed by atoms with Crippen molar-refractivity contribution in [3.8, 4) is 0 Å². The third kappa shape index (κ3) is 3.06. The predicted octanol–water partition coefficient (Wildman–Crippen LogP) is 1.85. The van der Waals surface area contributed by atoms with E-state index >= 15 is 0 Å². The molecule has 4 rings (SSSR count). The number of methoxy groups -OCH3 is 2. The molecule has 7 atom stereocenters. The Balaban J connectivity index is 1.62. The van der Waals surface area contributed by atoms with Gasteiger partial charge in [-0.2, -0.15) is 0 Å². The highest BCUT2D eigenvalue weighted by Crippen LogP contribution is 2.54. The van der Waals surface area contributed by atoms with Gasteiger partial charge in [0.25, 0.3) is 0 Å². The molecule has 0 radical (unpaired) electrons. The van der Waals surface area contributed by atoms with E-state index in [-0.39, 0.29) is 0 Å². The minimum absolute atomic E-state index is 0.327. The summed E-state index contributed by atoms with van der Waals surface area (Å²) in [5.41, 5.74) is 0.401. The SMILES string of the molecule is CO[C@H]1O[C@@H]2C(O)C(c3ccccc3)[C@]2(O)[C@H](OC)[C@H]1OCc1ccccc1. The molecule has 0 spiro atoms. The molecule has 2 fully saturated rings. The van der Waals surface area contributed by atoms with Gasteiger partial charge in [-0.15, -0.1) is 0 Å². The maximum absolute atomic E-state index is 11.6. The zero-order chi connectivity index (χ0) is 19.7. The van der Waals surface area contributed by atoms with Gasteiger partial charge in [-0.05, 0) is 11.1 Å². The first-order valence-corrected chi connectivity index (χ1v) is 9.43. The second-order valence-electron chi connectivity index (χ2n) is 7.34. The summed E-state index contributed by atoms with van der Waals surface area (Å²) in [6, 6.07) is 19.2. The van der Waals surface area contributed by atoms with Crippen molar-refractivity contribution in [1.29, 1.82) is 0 Å². The third-order valence-electron chi connectivity index (χ3n) is 5.84. The number of ether oxygens (including phenoxy) is 4. The van der Waals surface area contributed by atoms with Crippen LogP contribution in [0.15, 0.2) is 60.7 Å². The van der Waals surface area contributed by atoms with Gasteiger partial charge in [0, 0.05) is 20.1 Å². The predicted molar refractivity (Wildman–Crippen MR) is 102 cm³/mol. The van der Waals surface area contributed by atoms with Gasteiger partial charge in [-0.25, -0.2) is 0 Å². The third-order valence-corrected chi connectivity index (χ3v) is 5.84. The van der Waals surface area contributed by atoms with Crippen LogP contribution in [0, 0.1) is 0 Å². The van der Waals surface area contributed by atoms with Crippen LogP contribution < -0.4 is 0 Å². The number of rotatable bonds is 6. The standard InChI is InChI=1S/C22H26O6/c1-25-20-18(27-13-14-9-5-3-6-10-14)21(26-2)28-19-17(23)16(22(19,20)24)15-11-7-4-8-12-15/h3-12,16-21,23-24H,13H2,1-2H3/t16?,17?,18-,19-,20-,21+,22-/m1/s1. The fraction of sp³-hybridized carbons (Fsp3) is 0.455. The van der Waals surface area contributed by atoms with Crippen molar-refractivity contribution in [3.63, 3.8) is 0 Å². The van der Waals surface area contributed by atoms with E-state index < -0.39 is 42.2 Å². The molecule has 2 unspecified atom stereocenters. The van der Waals surface area contributed by atoms with Crippen LogP contribution in [-0.4, -0.2) is 60.7 Å². The van der Waals surface area contributed by atoms with Crippen molar-refractivity contribution >= 4 is 0 Å². The van der Waals surface area contributed by atoms with E-state index in [0.717, 1.165) is 11.1 Å². The van der Waals surface area contributed by atoms with E-state index in [4.69, 9.17) is 18.9 Å². The molecule has 2 N–H and O–H groups in total. The smallest absolute Gasteiger partial charge is 0.186 e. The quantitative estimate of drug-likeness (QED) is 0.789. The van der Waals surface area contributed by atoms with E-state index in [1.807, 2.05) is 60.7 Å². The first-order chi connectivity index (χ1) is 13.6. The van der Waals surface area contributed by atoms with Crippen molar-refractivity contribution in [2.75, 3.05) is 14.2 Å². The first-order valence-electron chi connectivity index (χ1n) is 9.43. The van der Waals surface area contributed by atoms with Crippen molar-refractivity contribution in [1.82, 2.24) is 0 Å². The lowest BCUT2D eigenvalue weighted by atomic mass is 9.57. The van der Waals surface area contributed by atoms with Gasteiger partial charge in [-0.3, -0.25) is 0 Å². The highest BCUT2D eigenvalue weighted by atomic mass is 16.7. The molecular formula is C22H26O6. The van der Waals surface area contributed by atoms with E-state index in [0.29, 0.717) is 6.61 Å². The molecular weight excluding hydrogens is 360 g/mol. The average Bonchev–Trinajstić information content (AvgIpc) is 2.73. The molecule has 6 nitrogen and oxygen atoms in total. The lowest BCUT2D eigenvalue weighted by Crippen LogP contribution is -2.80. The fourth-order valence-electron chi connectivity index (χ4n) is 4.51. The van der Waals surface area contributed by atoms with Crippen molar-refractivity contribution in [2.24, 2.45) is 0 Å². The molecule has 2 aromatic rings. The molecule has 2 aromatic carbocycles. The molecule has 1 saturated carbocycles. The Labute approximate surface area is 164 Å². The normalized spacial score (nSPS) is 37.1. The summed E-state index contributed by atoms with van der Waals surface area (Å²) in [5, 5.41) is 22.3. The van der Waals surface area contributed by atoms with Crippen LogP contribution in [-0.2, 0) is 25.6 Å². The molecule has 0 amide bonds. The number of hydrogen-bond donors (Lipinski definition) is 2. The number of hydrogen-bond acceptors (Lipinski definition) is 6. The minimum Gasteiger partial charge on any atom is -0.390 e. The summed E-state index contributed by atoms with van der Waals surface area (Å²) < 4.78 is 23.2. The van der Waals surface area contributed by atoms with Gasteiger partial charge in [0.2, 0.25) is 0 Å². The van der Waals surface area contributed by atoms with E-state index in [2.05, 4.69) is 0 Å². The lowest BCUT2D eigenvalue weighted by molar-refractivity contribution is -0.392. The van der Waals surface area contributed by atoms with Crippen LogP contribution in [0.1, 0.15) is 17.0 Å². The van der Waals surface area contributed by atoms with Crippen LogP contribution in [0.25, 0.3) is 0 Å². The van der Waals surface area contributed by atoms with Crippen molar-refractivity contribution in [3.05, 3.63) is 71.8 Å². The van der Waals surface area contributed by atoms with Crippen molar-refractivity contribution < 1.29 is 29.2 Å². The monoisotopic (exact) mass is 386 g/mol. The summed E-state index contributed by atoms with van der Waals surface area (Å²) in [6.07, 6.45) is -3.82. The molecule has 0 aromatic heterocycles. The zero-order valence-corrected chi connectivity index (χ0v) is 16.0. The van der Waals surface area contributed by atoms with Crippen molar-refractivity contribution in [2.45, 2.75) is 48.8 Å². The Morgan fingerprint density at radius 3 is 2.21 bits per heavy atom.